The number of nitrogens with zero attached hydrogens (tertiary/aromatic N) is 5. The molecule has 0 unspecified atom stereocenters. The zero-order valence-corrected chi connectivity index (χ0v) is 21.8. The van der Waals surface area contributed by atoms with Crippen LogP contribution in [0, 0.1) is 11.3 Å². The van der Waals surface area contributed by atoms with Gasteiger partial charge in [0.15, 0.2) is 0 Å². The van der Waals surface area contributed by atoms with Crippen molar-refractivity contribution < 1.29 is 27.4 Å². The first-order valence-corrected chi connectivity index (χ1v) is 12.8. The fourth-order valence-electron chi connectivity index (χ4n) is 5.69. The van der Waals surface area contributed by atoms with Gasteiger partial charge in [-0.3, -0.25) is 9.36 Å². The van der Waals surface area contributed by atoms with Gasteiger partial charge in [0, 0.05) is 25.7 Å². The summed E-state index contributed by atoms with van der Waals surface area (Å²) < 4.78 is 52.4. The highest BCUT2D eigenvalue weighted by Gasteiger charge is 2.59. The monoisotopic (exact) mass is 571 g/mol. The van der Waals surface area contributed by atoms with Crippen LogP contribution >= 0.6 is 11.6 Å². The molecule has 1 aromatic heterocycles. The molecular formula is C27H21ClF3N5O4. The summed E-state index contributed by atoms with van der Waals surface area (Å²) >= 11 is 5.66. The summed E-state index contributed by atoms with van der Waals surface area (Å²) in [7, 11) is 1.80. The van der Waals surface area contributed by atoms with Crippen LogP contribution in [0.3, 0.4) is 0 Å². The van der Waals surface area contributed by atoms with E-state index in [1.54, 1.807) is 24.1 Å². The molecule has 40 heavy (non-hydrogen) atoms. The predicted octanol–water partition coefficient (Wildman–Crippen LogP) is 4.35. The topological polar surface area (TPSA) is 101 Å². The minimum absolute atomic E-state index is 0.000130. The molecule has 9 nitrogen and oxygen atoms in total. The normalized spacial score (nSPS) is 21.2. The van der Waals surface area contributed by atoms with E-state index in [0.29, 0.717) is 24.3 Å². The lowest BCUT2D eigenvalue weighted by Crippen LogP contribution is -2.71. The number of alkyl halides is 3. The van der Waals surface area contributed by atoms with Crippen molar-refractivity contribution in [3.8, 4) is 23.4 Å². The lowest BCUT2D eigenvalue weighted by atomic mass is 9.79. The molecule has 3 fully saturated rings. The molecule has 4 aliphatic heterocycles. The minimum atomic E-state index is -4.66. The van der Waals surface area contributed by atoms with Gasteiger partial charge in [0.2, 0.25) is 11.8 Å². The number of benzene rings is 2. The maximum absolute atomic E-state index is 13.2. The number of amides is 1. The molecule has 1 spiro atoms. The Labute approximate surface area is 230 Å². The molecule has 2 bridgehead atoms. The fourth-order valence-corrected chi connectivity index (χ4v) is 5.91. The number of hydrogen-bond donors (Lipinski definition) is 0. The van der Waals surface area contributed by atoms with Gasteiger partial charge >= 0.3 is 11.9 Å². The number of anilines is 1. The molecular weight excluding hydrogens is 551 g/mol. The van der Waals surface area contributed by atoms with Crippen molar-refractivity contribution in [1.29, 1.82) is 5.26 Å². The number of hydrogen-bond acceptors (Lipinski definition) is 7. The van der Waals surface area contributed by atoms with Gasteiger partial charge in [-0.25, -0.2) is 4.79 Å². The molecule has 5 heterocycles. The number of halogens is 4. The summed E-state index contributed by atoms with van der Waals surface area (Å²) in [6.07, 6.45) is -3.12. The number of aromatic nitrogens is 2. The molecule has 206 valence electrons. The van der Waals surface area contributed by atoms with Crippen LogP contribution in [0.4, 0.5) is 19.0 Å². The standard InChI is InChI=1S/C27H21ClF3N5O4/c1-34-17-6-7-26(24(34)37)14-35-23(36(26)12-17)10-22(33-25(35)38)39-13-15-2-5-21(16(8-15)11-32)40-18-3-4-20(28)19(9-18)27(29,30)31/h2-5,8-10,17H,6-7,12-14H2,1H3/t17-,26+/m0/s1. The second-order valence-corrected chi connectivity index (χ2v) is 10.5. The highest BCUT2D eigenvalue weighted by Crippen LogP contribution is 2.46. The number of likely N-dealkylation sites (N-methyl/N-ethyl adjacent to an activating group) is 1. The number of ether oxygens (including phenoxy) is 2. The third-order valence-corrected chi connectivity index (χ3v) is 8.08. The number of piperidine rings is 2. The van der Waals surface area contributed by atoms with Crippen molar-refractivity contribution in [1.82, 2.24) is 14.5 Å². The molecule has 0 saturated carbocycles. The number of fused-ring (bicyclic) bond motifs is 3. The minimum Gasteiger partial charge on any atom is -0.473 e. The van der Waals surface area contributed by atoms with Crippen LogP contribution in [-0.2, 0) is 24.1 Å². The number of piperazine rings is 1. The Balaban J connectivity index is 1.20. The van der Waals surface area contributed by atoms with E-state index < -0.39 is 28.0 Å². The Morgan fingerprint density at radius 2 is 2.00 bits per heavy atom. The van der Waals surface area contributed by atoms with Crippen molar-refractivity contribution in [3.63, 3.8) is 0 Å². The summed E-state index contributed by atoms with van der Waals surface area (Å²) in [6.45, 7) is 0.824. The Kier molecular flexibility index (Phi) is 5.96. The lowest BCUT2D eigenvalue weighted by Gasteiger charge is -2.54. The Morgan fingerprint density at radius 3 is 2.75 bits per heavy atom. The van der Waals surface area contributed by atoms with Gasteiger partial charge in [0.05, 0.1) is 22.7 Å². The zero-order chi connectivity index (χ0) is 28.4. The van der Waals surface area contributed by atoms with Crippen molar-refractivity contribution in [2.24, 2.45) is 0 Å². The SMILES string of the molecule is CN1C(=O)[C@]23CC[C@H]1CN2c1cc(OCc2ccc(Oc4ccc(Cl)c(C(F)(F)F)c4)c(C#N)c2)nc(=O)n1C3. The van der Waals surface area contributed by atoms with Crippen LogP contribution in [0.5, 0.6) is 17.4 Å². The zero-order valence-electron chi connectivity index (χ0n) is 21.0. The Bertz CT molecular complexity index is 1650. The third kappa shape index (κ3) is 4.12. The van der Waals surface area contributed by atoms with Gasteiger partial charge in [0.1, 0.15) is 35.5 Å². The molecule has 2 aromatic carbocycles. The van der Waals surface area contributed by atoms with Crippen LogP contribution in [0.15, 0.2) is 47.3 Å². The lowest BCUT2D eigenvalue weighted by molar-refractivity contribution is -0.145. The molecule has 7 rings (SSSR count). The van der Waals surface area contributed by atoms with Gasteiger partial charge in [-0.15, -0.1) is 0 Å². The quantitative estimate of drug-likeness (QED) is 0.449. The van der Waals surface area contributed by atoms with Crippen LogP contribution in [0.1, 0.15) is 29.5 Å². The van der Waals surface area contributed by atoms with Gasteiger partial charge < -0.3 is 19.3 Å². The van der Waals surface area contributed by atoms with Crippen molar-refractivity contribution in [2.75, 3.05) is 18.5 Å². The second kappa shape index (κ2) is 9.16. The highest BCUT2D eigenvalue weighted by atomic mass is 35.5. The Hall–Kier alpha value is -4.24. The van der Waals surface area contributed by atoms with E-state index >= 15 is 0 Å². The smallest absolute Gasteiger partial charge is 0.417 e. The summed E-state index contributed by atoms with van der Waals surface area (Å²) in [4.78, 5) is 33.7. The van der Waals surface area contributed by atoms with Gasteiger partial charge in [0.25, 0.3) is 0 Å². The number of nitriles is 1. The van der Waals surface area contributed by atoms with Crippen LogP contribution in [0.2, 0.25) is 5.02 Å². The molecule has 0 aliphatic carbocycles. The maximum atomic E-state index is 13.2. The molecule has 1 amide bonds. The van der Waals surface area contributed by atoms with Crippen LogP contribution in [0.25, 0.3) is 0 Å². The summed E-state index contributed by atoms with van der Waals surface area (Å²) in [5.74, 6) is 0.587. The van der Waals surface area contributed by atoms with Gasteiger partial charge in [-0.1, -0.05) is 17.7 Å². The second-order valence-electron chi connectivity index (χ2n) is 10.0. The predicted molar refractivity (Wildman–Crippen MR) is 136 cm³/mol. The molecule has 3 saturated heterocycles. The first-order chi connectivity index (χ1) is 19.0. The van der Waals surface area contributed by atoms with E-state index in [0.717, 1.165) is 18.6 Å². The van der Waals surface area contributed by atoms with E-state index in [1.807, 2.05) is 11.0 Å². The van der Waals surface area contributed by atoms with Crippen LogP contribution in [-0.4, -0.2) is 45.5 Å². The highest BCUT2D eigenvalue weighted by molar-refractivity contribution is 6.31. The number of carbonyl (C=O) groups excluding carboxylic acids is 1. The van der Waals surface area contributed by atoms with Crippen molar-refractivity contribution >= 4 is 23.3 Å². The number of rotatable bonds is 5. The molecule has 0 radical (unpaired) electrons. The fraction of sp³-hybridized carbons (Fsp3) is 0.333. The van der Waals surface area contributed by atoms with E-state index in [1.165, 1.54) is 22.8 Å². The van der Waals surface area contributed by atoms with Gasteiger partial charge in [-0.2, -0.15) is 23.4 Å². The molecule has 3 aromatic rings. The van der Waals surface area contributed by atoms with E-state index in [4.69, 9.17) is 21.1 Å². The number of carbonyl (C=O) groups is 1. The van der Waals surface area contributed by atoms with Crippen molar-refractivity contribution in [3.05, 3.63) is 74.7 Å². The first kappa shape index (κ1) is 26.0. The first-order valence-electron chi connectivity index (χ1n) is 12.4. The molecule has 4 aliphatic rings. The Morgan fingerprint density at radius 1 is 1.20 bits per heavy atom. The molecule has 0 N–H and O–H groups in total. The molecule has 2 atom stereocenters. The average molecular weight is 572 g/mol. The largest absolute Gasteiger partial charge is 0.473 e. The van der Waals surface area contributed by atoms with E-state index in [-0.39, 0.29) is 48.0 Å². The van der Waals surface area contributed by atoms with E-state index in [2.05, 4.69) is 4.98 Å². The van der Waals surface area contributed by atoms with E-state index in [9.17, 15) is 28.0 Å². The van der Waals surface area contributed by atoms with Crippen molar-refractivity contribution in [2.45, 2.75) is 43.8 Å². The summed E-state index contributed by atoms with van der Waals surface area (Å²) in [5.41, 5.74) is -1.73. The molecule has 13 heteroatoms. The summed E-state index contributed by atoms with van der Waals surface area (Å²) in [5, 5.41) is 9.15. The van der Waals surface area contributed by atoms with Crippen LogP contribution < -0.4 is 20.1 Å². The average Bonchev–Trinajstić information content (AvgIpc) is 3.27. The third-order valence-electron chi connectivity index (χ3n) is 7.75. The van der Waals surface area contributed by atoms with Gasteiger partial charge in [-0.05, 0) is 48.7 Å². The summed E-state index contributed by atoms with van der Waals surface area (Å²) in [6, 6.07) is 11.3. The maximum Gasteiger partial charge on any atom is 0.417 e.